The van der Waals surface area contributed by atoms with E-state index in [1.807, 2.05) is 0 Å². The SMILES string of the molecule is COCC1(C2CC2)CC(=O)NC(=O)C1c1ccc(F)cc1. The van der Waals surface area contributed by atoms with E-state index in [0.717, 1.165) is 18.4 Å². The Hall–Kier alpha value is -1.75. The summed E-state index contributed by atoms with van der Waals surface area (Å²) >= 11 is 0. The molecule has 4 nitrogen and oxygen atoms in total. The molecule has 112 valence electrons. The fourth-order valence-corrected chi connectivity index (χ4v) is 3.61. The first kappa shape index (κ1) is 14.2. The molecular formula is C16H18FNO3. The summed E-state index contributed by atoms with van der Waals surface area (Å²) in [7, 11) is 1.59. The topological polar surface area (TPSA) is 55.4 Å². The van der Waals surface area contributed by atoms with E-state index in [1.165, 1.54) is 12.1 Å². The van der Waals surface area contributed by atoms with Gasteiger partial charge < -0.3 is 4.74 Å². The molecule has 1 aromatic carbocycles. The van der Waals surface area contributed by atoms with Crippen LogP contribution in [0.5, 0.6) is 0 Å². The van der Waals surface area contributed by atoms with Crippen molar-refractivity contribution < 1.29 is 18.7 Å². The fraction of sp³-hybridized carbons (Fsp3) is 0.500. The zero-order chi connectivity index (χ0) is 15.0. The van der Waals surface area contributed by atoms with Gasteiger partial charge in [0.05, 0.1) is 12.5 Å². The van der Waals surface area contributed by atoms with Crippen LogP contribution in [0.2, 0.25) is 0 Å². The zero-order valence-corrected chi connectivity index (χ0v) is 11.9. The van der Waals surface area contributed by atoms with E-state index in [9.17, 15) is 14.0 Å². The smallest absolute Gasteiger partial charge is 0.234 e. The van der Waals surface area contributed by atoms with Gasteiger partial charge in [-0.1, -0.05) is 12.1 Å². The van der Waals surface area contributed by atoms with Gasteiger partial charge in [0.25, 0.3) is 0 Å². The molecule has 1 saturated heterocycles. The van der Waals surface area contributed by atoms with Gasteiger partial charge in [0.1, 0.15) is 5.82 Å². The number of nitrogens with one attached hydrogen (secondary N) is 1. The Labute approximate surface area is 122 Å². The number of halogens is 1. The van der Waals surface area contributed by atoms with Gasteiger partial charge in [0.2, 0.25) is 11.8 Å². The van der Waals surface area contributed by atoms with Crippen LogP contribution in [0.4, 0.5) is 4.39 Å². The van der Waals surface area contributed by atoms with Gasteiger partial charge in [0, 0.05) is 18.9 Å². The van der Waals surface area contributed by atoms with Crippen molar-refractivity contribution in [1.29, 1.82) is 0 Å². The Morgan fingerprint density at radius 2 is 1.95 bits per heavy atom. The third-order valence-corrected chi connectivity index (χ3v) is 4.60. The van der Waals surface area contributed by atoms with Crippen LogP contribution in [-0.2, 0) is 14.3 Å². The number of carbonyl (C=O) groups is 2. The molecule has 1 aromatic rings. The maximum atomic E-state index is 13.1. The van der Waals surface area contributed by atoms with Crippen molar-refractivity contribution in [3.63, 3.8) is 0 Å². The first-order valence-electron chi connectivity index (χ1n) is 7.15. The molecule has 0 spiro atoms. The largest absolute Gasteiger partial charge is 0.384 e. The quantitative estimate of drug-likeness (QED) is 0.863. The first-order valence-corrected chi connectivity index (χ1v) is 7.15. The molecular weight excluding hydrogens is 273 g/mol. The lowest BCUT2D eigenvalue weighted by Crippen LogP contribution is -2.53. The maximum absolute atomic E-state index is 13.1. The van der Waals surface area contributed by atoms with Crippen LogP contribution >= 0.6 is 0 Å². The summed E-state index contributed by atoms with van der Waals surface area (Å²) in [6.45, 7) is 0.360. The maximum Gasteiger partial charge on any atom is 0.234 e. The summed E-state index contributed by atoms with van der Waals surface area (Å²) in [4.78, 5) is 24.3. The van der Waals surface area contributed by atoms with Crippen molar-refractivity contribution in [3.05, 3.63) is 35.6 Å². The molecule has 1 heterocycles. The van der Waals surface area contributed by atoms with Crippen LogP contribution in [0.25, 0.3) is 0 Å². The van der Waals surface area contributed by atoms with Gasteiger partial charge in [-0.15, -0.1) is 0 Å². The minimum atomic E-state index is -0.508. The first-order chi connectivity index (χ1) is 10.1. The van der Waals surface area contributed by atoms with Crippen LogP contribution < -0.4 is 5.32 Å². The minimum absolute atomic E-state index is 0.248. The molecule has 0 radical (unpaired) electrons. The number of piperidine rings is 1. The highest BCUT2D eigenvalue weighted by molar-refractivity contribution is 6.02. The third-order valence-electron chi connectivity index (χ3n) is 4.60. The summed E-state index contributed by atoms with van der Waals surface area (Å²) in [5, 5.41) is 2.41. The predicted octanol–water partition coefficient (Wildman–Crippen LogP) is 2.00. The second-order valence-electron chi connectivity index (χ2n) is 6.01. The molecule has 2 fully saturated rings. The number of carbonyl (C=O) groups excluding carboxylic acids is 2. The second-order valence-corrected chi connectivity index (χ2v) is 6.01. The normalized spacial score (nSPS) is 29.3. The lowest BCUT2D eigenvalue weighted by Gasteiger charge is -2.42. The number of imide groups is 1. The highest BCUT2D eigenvalue weighted by Crippen LogP contribution is 2.56. The van der Waals surface area contributed by atoms with Crippen LogP contribution in [0.15, 0.2) is 24.3 Å². The Morgan fingerprint density at radius 3 is 2.52 bits per heavy atom. The Balaban J connectivity index is 2.05. The molecule has 3 rings (SSSR count). The van der Waals surface area contributed by atoms with Gasteiger partial charge in [-0.05, 0) is 36.5 Å². The molecule has 1 aliphatic heterocycles. The molecule has 1 N–H and O–H groups in total. The van der Waals surface area contributed by atoms with E-state index in [2.05, 4.69) is 5.32 Å². The van der Waals surface area contributed by atoms with Gasteiger partial charge in [-0.3, -0.25) is 14.9 Å². The molecule has 5 heteroatoms. The van der Waals surface area contributed by atoms with E-state index in [1.54, 1.807) is 19.2 Å². The van der Waals surface area contributed by atoms with E-state index < -0.39 is 11.3 Å². The summed E-state index contributed by atoms with van der Waals surface area (Å²) in [6, 6.07) is 5.96. The monoisotopic (exact) mass is 291 g/mol. The van der Waals surface area contributed by atoms with Crippen LogP contribution in [-0.4, -0.2) is 25.5 Å². The lowest BCUT2D eigenvalue weighted by atomic mass is 9.64. The lowest BCUT2D eigenvalue weighted by molar-refractivity contribution is -0.143. The minimum Gasteiger partial charge on any atom is -0.384 e. The van der Waals surface area contributed by atoms with E-state index >= 15 is 0 Å². The summed E-state index contributed by atoms with van der Waals surface area (Å²) in [5.74, 6) is -1.05. The van der Waals surface area contributed by atoms with E-state index in [-0.39, 0.29) is 24.1 Å². The Bertz CT molecular complexity index is 567. The van der Waals surface area contributed by atoms with Crippen molar-refractivity contribution in [2.45, 2.75) is 25.2 Å². The third kappa shape index (κ3) is 2.46. The molecule has 1 aliphatic carbocycles. The fourth-order valence-electron chi connectivity index (χ4n) is 3.61. The number of rotatable bonds is 4. The van der Waals surface area contributed by atoms with Crippen molar-refractivity contribution in [3.8, 4) is 0 Å². The standard InChI is InChI=1S/C16H18FNO3/c1-21-9-16(11-4-5-11)8-13(19)18-15(20)14(16)10-2-6-12(17)7-3-10/h2-3,6-7,11,14H,4-5,8-9H2,1H3,(H,18,19,20). The summed E-state index contributed by atoms with van der Waals surface area (Å²) in [6.07, 6.45) is 2.28. The van der Waals surface area contributed by atoms with Crippen molar-refractivity contribution >= 4 is 11.8 Å². The molecule has 2 aliphatic rings. The second kappa shape index (κ2) is 5.22. The average Bonchev–Trinajstić information content (AvgIpc) is 3.25. The predicted molar refractivity (Wildman–Crippen MR) is 73.9 cm³/mol. The number of hydrogen-bond donors (Lipinski definition) is 1. The molecule has 2 unspecified atom stereocenters. The summed E-state index contributed by atoms with van der Waals surface area (Å²) in [5.41, 5.74) is 0.233. The molecule has 2 atom stereocenters. The van der Waals surface area contributed by atoms with Crippen LogP contribution in [0, 0.1) is 17.2 Å². The van der Waals surface area contributed by atoms with E-state index in [4.69, 9.17) is 4.74 Å². The zero-order valence-electron chi connectivity index (χ0n) is 11.9. The van der Waals surface area contributed by atoms with E-state index in [0.29, 0.717) is 12.5 Å². The molecule has 1 saturated carbocycles. The van der Waals surface area contributed by atoms with Crippen molar-refractivity contribution in [1.82, 2.24) is 5.32 Å². The Morgan fingerprint density at radius 1 is 1.29 bits per heavy atom. The van der Waals surface area contributed by atoms with Crippen molar-refractivity contribution in [2.24, 2.45) is 11.3 Å². The Kier molecular flexibility index (Phi) is 3.53. The van der Waals surface area contributed by atoms with Gasteiger partial charge in [-0.25, -0.2) is 4.39 Å². The molecule has 0 bridgehead atoms. The summed E-state index contributed by atoms with van der Waals surface area (Å²) < 4.78 is 18.5. The van der Waals surface area contributed by atoms with Crippen molar-refractivity contribution in [2.75, 3.05) is 13.7 Å². The number of methoxy groups -OCH3 is 1. The number of hydrogen-bond acceptors (Lipinski definition) is 3. The van der Waals surface area contributed by atoms with Crippen LogP contribution in [0.3, 0.4) is 0 Å². The van der Waals surface area contributed by atoms with Gasteiger partial charge in [0.15, 0.2) is 0 Å². The number of benzene rings is 1. The molecule has 0 aromatic heterocycles. The molecule has 21 heavy (non-hydrogen) atoms. The highest BCUT2D eigenvalue weighted by atomic mass is 19.1. The average molecular weight is 291 g/mol. The van der Waals surface area contributed by atoms with Crippen LogP contribution in [0.1, 0.15) is 30.7 Å². The van der Waals surface area contributed by atoms with Gasteiger partial charge >= 0.3 is 0 Å². The number of ether oxygens (including phenoxy) is 1. The molecule has 2 amide bonds. The van der Waals surface area contributed by atoms with Gasteiger partial charge in [-0.2, -0.15) is 0 Å². The number of amides is 2. The highest BCUT2D eigenvalue weighted by Gasteiger charge is 2.56.